The van der Waals surface area contributed by atoms with E-state index < -0.39 is 85.5 Å². The fraction of sp³-hybridized carbons (Fsp3) is 0.818. The molecule has 0 aliphatic carbocycles. The number of allylic oxidation sites excluding steroid dienone is 8. The number of phosphoric acid groups is 2. The zero-order valence-corrected chi connectivity index (χ0v) is 46.6. The average Bonchev–Trinajstić information content (AvgIpc) is 3.36. The van der Waals surface area contributed by atoms with Crippen molar-refractivity contribution in [1.29, 1.82) is 0 Å². The predicted molar refractivity (Wildman–Crippen MR) is 288 cm³/mol. The lowest BCUT2D eigenvalue weighted by Crippen LogP contribution is -2.25. The standard InChI is InChI=1S/C55H102O15P2/c1-3-5-7-9-11-13-15-17-19-21-23-24-26-28-30-32-34-36-38-40-42-44-55(60)66-46-52(57)48-68-72(63,64)70-50-53(58)49-69-71(61,62)67-47-51(56)45-65-54(59)43-41-39-37-35-33-31-29-27-25-22-20-18-16-14-12-10-8-6-4-2/h11,13,17,19,23-24,28,30,51-53,56-58H,3-10,12,14-16,18,20-22,25-27,29,31-50H2,1-2H3,(H,61,62)(H,63,64)/b13-11-,19-17-,24-23-,30-28-. The molecule has 0 aliphatic heterocycles. The number of hydrogen-bond donors (Lipinski definition) is 5. The lowest BCUT2D eigenvalue weighted by Gasteiger charge is -2.19. The summed E-state index contributed by atoms with van der Waals surface area (Å²) in [6.45, 7) is 0.415. The molecule has 5 atom stereocenters. The van der Waals surface area contributed by atoms with Gasteiger partial charge in [0.1, 0.15) is 31.5 Å². The minimum absolute atomic E-state index is 0.174. The van der Waals surface area contributed by atoms with E-state index in [4.69, 9.17) is 18.5 Å². The van der Waals surface area contributed by atoms with Crippen LogP contribution in [-0.2, 0) is 46.3 Å². The Kier molecular flexibility index (Phi) is 49.7. The summed E-state index contributed by atoms with van der Waals surface area (Å²) in [5.74, 6) is -1.01. The fourth-order valence-corrected chi connectivity index (χ4v) is 9.02. The van der Waals surface area contributed by atoms with Gasteiger partial charge >= 0.3 is 27.6 Å². The third-order valence-corrected chi connectivity index (χ3v) is 13.7. The van der Waals surface area contributed by atoms with Crippen LogP contribution in [0.15, 0.2) is 48.6 Å². The summed E-state index contributed by atoms with van der Waals surface area (Å²) >= 11 is 0. The van der Waals surface area contributed by atoms with Crippen LogP contribution in [0.1, 0.15) is 232 Å². The number of unbranched alkanes of at least 4 members (excludes halogenated alkanes) is 26. The van der Waals surface area contributed by atoms with Crippen molar-refractivity contribution >= 4 is 27.6 Å². The molecule has 0 rings (SSSR count). The largest absolute Gasteiger partial charge is 0.472 e. The highest BCUT2D eigenvalue weighted by Crippen LogP contribution is 2.45. The second-order valence-electron chi connectivity index (χ2n) is 19.0. The van der Waals surface area contributed by atoms with Crippen molar-refractivity contribution in [2.45, 2.75) is 250 Å². The minimum Gasteiger partial charge on any atom is -0.463 e. The normalized spacial score (nSPS) is 15.2. The van der Waals surface area contributed by atoms with Gasteiger partial charge in [0, 0.05) is 12.8 Å². The molecule has 0 saturated carbocycles. The van der Waals surface area contributed by atoms with Gasteiger partial charge in [-0.05, 0) is 57.8 Å². The number of ether oxygens (including phenoxy) is 2. The molecule has 0 aromatic carbocycles. The number of carbonyl (C=O) groups excluding carboxylic acids is 2. The van der Waals surface area contributed by atoms with Crippen LogP contribution in [0, 0.1) is 0 Å². The van der Waals surface area contributed by atoms with E-state index in [2.05, 4.69) is 71.5 Å². The SMILES string of the molecule is CCCCC/C=C\C/C=C\C/C=C\C/C=C\CCCCCCCC(=O)OCC(O)COP(=O)(O)OCC(O)COP(=O)(O)OCC(O)COC(=O)CCCCCCCCCCCCCCCCCCCCC. The number of hydrogen-bond acceptors (Lipinski definition) is 13. The van der Waals surface area contributed by atoms with Crippen molar-refractivity contribution in [2.24, 2.45) is 0 Å². The van der Waals surface area contributed by atoms with Crippen molar-refractivity contribution < 1.29 is 71.4 Å². The molecule has 5 N–H and O–H groups in total. The van der Waals surface area contributed by atoms with Crippen LogP contribution < -0.4 is 0 Å². The van der Waals surface area contributed by atoms with E-state index in [9.17, 15) is 43.8 Å². The summed E-state index contributed by atoms with van der Waals surface area (Å²) < 4.78 is 53.2. The van der Waals surface area contributed by atoms with Gasteiger partial charge < -0.3 is 34.6 Å². The lowest BCUT2D eigenvalue weighted by molar-refractivity contribution is -0.148. The molecule has 17 heteroatoms. The number of carbonyl (C=O) groups is 2. The molecule has 0 aromatic rings. The van der Waals surface area contributed by atoms with Crippen molar-refractivity contribution in [3.05, 3.63) is 48.6 Å². The van der Waals surface area contributed by atoms with Gasteiger partial charge in [0.15, 0.2) is 0 Å². The first kappa shape index (κ1) is 70.0. The van der Waals surface area contributed by atoms with Crippen LogP contribution in [0.2, 0.25) is 0 Å². The highest BCUT2D eigenvalue weighted by Gasteiger charge is 2.28. The van der Waals surface area contributed by atoms with Crippen LogP contribution in [0.3, 0.4) is 0 Å². The number of esters is 2. The topological polar surface area (TPSA) is 225 Å². The Labute approximate surface area is 436 Å². The Bertz CT molecular complexity index is 1470. The molecule has 5 unspecified atom stereocenters. The van der Waals surface area contributed by atoms with E-state index >= 15 is 0 Å². The van der Waals surface area contributed by atoms with Crippen LogP contribution >= 0.6 is 15.6 Å². The van der Waals surface area contributed by atoms with Gasteiger partial charge in [-0.1, -0.05) is 210 Å². The second-order valence-corrected chi connectivity index (χ2v) is 21.9. The molecule has 0 aromatic heterocycles. The van der Waals surface area contributed by atoms with Gasteiger partial charge in [-0.15, -0.1) is 0 Å². The Morgan fingerprint density at radius 2 is 0.597 bits per heavy atom. The molecular formula is C55H102O15P2. The first-order valence-electron chi connectivity index (χ1n) is 28.0. The molecule has 15 nitrogen and oxygen atoms in total. The third-order valence-electron chi connectivity index (χ3n) is 11.8. The second kappa shape index (κ2) is 51.1. The maximum atomic E-state index is 12.2. The van der Waals surface area contributed by atoms with E-state index in [0.29, 0.717) is 12.8 Å². The van der Waals surface area contributed by atoms with Gasteiger partial charge in [-0.3, -0.25) is 27.7 Å². The van der Waals surface area contributed by atoms with E-state index in [1.165, 1.54) is 122 Å². The van der Waals surface area contributed by atoms with E-state index in [-0.39, 0.29) is 12.8 Å². The van der Waals surface area contributed by atoms with E-state index in [1.807, 2.05) is 0 Å². The van der Waals surface area contributed by atoms with Gasteiger partial charge in [-0.2, -0.15) is 0 Å². The van der Waals surface area contributed by atoms with Crippen molar-refractivity contribution in [1.82, 2.24) is 0 Å². The molecule has 0 bridgehead atoms. The van der Waals surface area contributed by atoms with Crippen LogP contribution in [-0.4, -0.2) is 95.0 Å². The molecular weight excluding hydrogens is 963 g/mol. The first-order valence-corrected chi connectivity index (χ1v) is 31.0. The maximum Gasteiger partial charge on any atom is 0.472 e. The smallest absolute Gasteiger partial charge is 0.463 e. The maximum absolute atomic E-state index is 12.2. The first-order chi connectivity index (χ1) is 34.8. The van der Waals surface area contributed by atoms with E-state index in [1.54, 1.807) is 0 Å². The predicted octanol–water partition coefficient (Wildman–Crippen LogP) is 14.0. The minimum atomic E-state index is -4.80. The number of phosphoric ester groups is 2. The zero-order chi connectivity index (χ0) is 53.1. The molecule has 0 fully saturated rings. The van der Waals surface area contributed by atoms with Crippen molar-refractivity contribution in [2.75, 3.05) is 39.6 Å². The van der Waals surface area contributed by atoms with Crippen LogP contribution in [0.5, 0.6) is 0 Å². The number of aliphatic hydroxyl groups excluding tert-OH is 3. The fourth-order valence-electron chi connectivity index (χ4n) is 7.43. The van der Waals surface area contributed by atoms with Gasteiger partial charge in [-0.25, -0.2) is 9.13 Å². The summed E-state index contributed by atoms with van der Waals surface area (Å²) in [4.78, 5) is 43.9. The Morgan fingerprint density at radius 3 is 0.917 bits per heavy atom. The molecule has 0 aliphatic rings. The molecule has 0 radical (unpaired) electrons. The van der Waals surface area contributed by atoms with Gasteiger partial charge in [0.25, 0.3) is 0 Å². The van der Waals surface area contributed by atoms with Gasteiger partial charge in [0.2, 0.25) is 0 Å². The van der Waals surface area contributed by atoms with Crippen LogP contribution in [0.4, 0.5) is 0 Å². The zero-order valence-electron chi connectivity index (χ0n) is 44.8. The Balaban J connectivity index is 3.84. The van der Waals surface area contributed by atoms with Crippen molar-refractivity contribution in [3.63, 3.8) is 0 Å². The Hall–Kier alpha value is -2.00. The van der Waals surface area contributed by atoms with Crippen LogP contribution in [0.25, 0.3) is 0 Å². The molecule has 0 spiro atoms. The highest BCUT2D eigenvalue weighted by atomic mass is 31.2. The molecule has 0 saturated heterocycles. The highest BCUT2D eigenvalue weighted by molar-refractivity contribution is 7.47. The number of aliphatic hydroxyl groups is 3. The summed E-state index contributed by atoms with van der Waals surface area (Å²) in [5.41, 5.74) is 0. The summed E-state index contributed by atoms with van der Waals surface area (Å²) in [6, 6.07) is 0. The number of rotatable bonds is 54. The quantitative estimate of drug-likeness (QED) is 0.0165. The molecule has 422 valence electrons. The summed E-state index contributed by atoms with van der Waals surface area (Å²) in [5, 5.41) is 30.1. The summed E-state index contributed by atoms with van der Waals surface area (Å²) in [6.07, 6.45) is 50.9. The summed E-state index contributed by atoms with van der Waals surface area (Å²) in [7, 11) is -9.59. The van der Waals surface area contributed by atoms with E-state index in [0.717, 1.165) is 70.6 Å². The average molecular weight is 1070 g/mol. The van der Waals surface area contributed by atoms with Crippen molar-refractivity contribution in [3.8, 4) is 0 Å². The third kappa shape index (κ3) is 52.8. The Morgan fingerprint density at radius 1 is 0.361 bits per heavy atom. The molecule has 0 heterocycles. The lowest BCUT2D eigenvalue weighted by atomic mass is 10.0. The molecule has 72 heavy (non-hydrogen) atoms. The molecule has 0 amide bonds. The monoisotopic (exact) mass is 1060 g/mol. The van der Waals surface area contributed by atoms with Gasteiger partial charge in [0.05, 0.1) is 26.4 Å².